The van der Waals surface area contributed by atoms with Crippen LogP contribution in [0.1, 0.15) is 19.5 Å². The third-order valence-corrected chi connectivity index (χ3v) is 4.19. The highest BCUT2D eigenvalue weighted by molar-refractivity contribution is 6.23. The Labute approximate surface area is 168 Å². The van der Waals surface area contributed by atoms with Gasteiger partial charge in [0.2, 0.25) is 0 Å². The zero-order chi connectivity index (χ0) is 20.7. The van der Waals surface area contributed by atoms with Crippen molar-refractivity contribution in [1.82, 2.24) is 9.88 Å². The number of aliphatic imine (C=N–C) groups is 2. The second-order valence-electron chi connectivity index (χ2n) is 6.74. The molecule has 0 fully saturated rings. The molecular formula is C22H26BN5. The molecule has 2 heterocycles. The molecule has 0 saturated heterocycles. The molecule has 2 rings (SSSR count). The Morgan fingerprint density at radius 3 is 2.71 bits per heavy atom. The largest absolute Gasteiger partial charge is 0.404 e. The molecule has 0 atom stereocenters. The van der Waals surface area contributed by atoms with Crippen LogP contribution in [0.4, 0.5) is 5.82 Å². The number of nitrogens with zero attached hydrogens (tertiary/aromatic N) is 4. The second-order valence-corrected chi connectivity index (χ2v) is 6.74. The van der Waals surface area contributed by atoms with Gasteiger partial charge in [0, 0.05) is 30.2 Å². The van der Waals surface area contributed by atoms with Crippen LogP contribution in [-0.4, -0.2) is 36.7 Å². The van der Waals surface area contributed by atoms with Gasteiger partial charge in [0.15, 0.2) is 5.82 Å². The van der Waals surface area contributed by atoms with Gasteiger partial charge >= 0.3 is 0 Å². The van der Waals surface area contributed by atoms with Gasteiger partial charge in [-0.05, 0) is 43.5 Å². The number of aromatic nitrogens is 1. The monoisotopic (exact) mass is 371 g/mol. The summed E-state index contributed by atoms with van der Waals surface area (Å²) in [6.45, 7) is 14.1. The molecule has 0 unspecified atom stereocenters. The van der Waals surface area contributed by atoms with E-state index in [9.17, 15) is 0 Å². The Kier molecular flexibility index (Phi) is 7.32. The molecule has 5 nitrogen and oxygen atoms in total. The van der Waals surface area contributed by atoms with E-state index in [1.54, 1.807) is 12.4 Å². The molecule has 142 valence electrons. The average Bonchev–Trinajstić information content (AvgIpc) is 2.65. The van der Waals surface area contributed by atoms with Gasteiger partial charge in [0.05, 0.1) is 11.4 Å². The predicted octanol–water partition coefficient (Wildman–Crippen LogP) is 3.94. The van der Waals surface area contributed by atoms with Crippen LogP contribution in [0.2, 0.25) is 0 Å². The van der Waals surface area contributed by atoms with E-state index in [4.69, 9.17) is 18.6 Å². The molecule has 0 bridgehead atoms. The van der Waals surface area contributed by atoms with E-state index in [-0.39, 0.29) is 5.92 Å². The van der Waals surface area contributed by atoms with Gasteiger partial charge in [0.25, 0.3) is 0 Å². The molecule has 0 saturated carbocycles. The molecule has 2 radical (unpaired) electrons. The molecule has 2 N–H and O–H groups in total. The van der Waals surface area contributed by atoms with Crippen molar-refractivity contribution in [1.29, 1.82) is 0 Å². The molecule has 0 aromatic carbocycles. The summed E-state index contributed by atoms with van der Waals surface area (Å²) in [5.74, 6) is 0.820. The molecule has 1 aromatic heterocycles. The Balaban J connectivity index is 2.59. The lowest BCUT2D eigenvalue weighted by Crippen LogP contribution is -2.24. The lowest BCUT2D eigenvalue weighted by Gasteiger charge is -2.27. The predicted molar refractivity (Wildman–Crippen MR) is 120 cm³/mol. The van der Waals surface area contributed by atoms with Crippen molar-refractivity contribution in [3.05, 3.63) is 83.5 Å². The minimum Gasteiger partial charge on any atom is -0.404 e. The van der Waals surface area contributed by atoms with Crippen molar-refractivity contribution >= 4 is 26.1 Å². The fourth-order valence-electron chi connectivity index (χ4n) is 2.84. The minimum atomic E-state index is 0.188. The number of pyridine rings is 1. The normalized spacial score (nSPS) is 15.6. The van der Waals surface area contributed by atoms with Gasteiger partial charge in [-0.1, -0.05) is 37.5 Å². The van der Waals surface area contributed by atoms with Crippen LogP contribution in [0.3, 0.4) is 0 Å². The van der Waals surface area contributed by atoms with Crippen molar-refractivity contribution in [3.63, 3.8) is 0 Å². The van der Waals surface area contributed by atoms with E-state index >= 15 is 0 Å². The minimum absolute atomic E-state index is 0.188. The van der Waals surface area contributed by atoms with E-state index < -0.39 is 0 Å². The zero-order valence-electron chi connectivity index (χ0n) is 16.8. The molecule has 0 amide bonds. The van der Waals surface area contributed by atoms with Gasteiger partial charge in [-0.15, -0.1) is 6.58 Å². The van der Waals surface area contributed by atoms with Crippen molar-refractivity contribution < 1.29 is 0 Å². The van der Waals surface area contributed by atoms with Gasteiger partial charge in [0.1, 0.15) is 7.85 Å². The van der Waals surface area contributed by atoms with Crippen LogP contribution in [0.5, 0.6) is 0 Å². The SMILES string of the molecule is [B]C(=C)/C(=C/N=C)N1C=C(C(=Nc2cccc(C)n2)C(=CN)C(C)C)C=CC1. The van der Waals surface area contributed by atoms with Crippen LogP contribution in [-0.2, 0) is 0 Å². The summed E-state index contributed by atoms with van der Waals surface area (Å²) < 4.78 is 0. The number of hydrogen-bond donors (Lipinski definition) is 1. The molecule has 0 aliphatic carbocycles. The Hall–Kier alpha value is -3.15. The third-order valence-electron chi connectivity index (χ3n) is 4.19. The fraction of sp³-hybridized carbons (Fsp3) is 0.227. The van der Waals surface area contributed by atoms with Gasteiger partial charge < -0.3 is 10.6 Å². The smallest absolute Gasteiger partial charge is 0.152 e. The molecule has 28 heavy (non-hydrogen) atoms. The number of rotatable bonds is 7. The average molecular weight is 371 g/mol. The lowest BCUT2D eigenvalue weighted by molar-refractivity contribution is 0.522. The molecule has 1 aromatic rings. The first-order chi connectivity index (χ1) is 13.4. The van der Waals surface area contributed by atoms with E-state index in [1.807, 2.05) is 48.4 Å². The van der Waals surface area contributed by atoms with Gasteiger partial charge in [-0.3, -0.25) is 4.99 Å². The van der Waals surface area contributed by atoms with Crippen molar-refractivity contribution in [3.8, 4) is 0 Å². The molecule has 0 spiro atoms. The summed E-state index contributed by atoms with van der Waals surface area (Å²) >= 11 is 0. The zero-order valence-corrected chi connectivity index (χ0v) is 16.8. The first-order valence-electron chi connectivity index (χ1n) is 9.08. The van der Waals surface area contributed by atoms with Crippen molar-refractivity contribution in [2.45, 2.75) is 20.8 Å². The van der Waals surface area contributed by atoms with E-state index in [2.05, 4.69) is 37.1 Å². The Bertz CT molecular complexity index is 903. The molecule has 6 heteroatoms. The maximum absolute atomic E-state index is 5.96. The van der Waals surface area contributed by atoms with Crippen LogP contribution in [0.15, 0.2) is 87.8 Å². The summed E-state index contributed by atoms with van der Waals surface area (Å²) in [5.41, 5.74) is 10.6. The number of hydrogen-bond acceptors (Lipinski definition) is 5. The van der Waals surface area contributed by atoms with E-state index in [1.165, 1.54) is 0 Å². The van der Waals surface area contributed by atoms with Crippen LogP contribution < -0.4 is 5.73 Å². The fourth-order valence-corrected chi connectivity index (χ4v) is 2.84. The first kappa shape index (κ1) is 21.2. The number of allylic oxidation sites excluding steroid dienone is 4. The van der Waals surface area contributed by atoms with Gasteiger partial charge in [-0.25, -0.2) is 9.98 Å². The van der Waals surface area contributed by atoms with Crippen molar-refractivity contribution in [2.24, 2.45) is 21.6 Å². The van der Waals surface area contributed by atoms with Crippen molar-refractivity contribution in [2.75, 3.05) is 6.54 Å². The standard InChI is InChI=1S/C22H26BN5/c1-15(2)19(12-24)22(27-21-10-6-8-16(3)26-21)18-9-7-11-28(14-18)20(13-25-5)17(4)23/h6-10,12-15H,4-5,11,24H2,1-3H3/b19-12?,20-13-,27-22?. The van der Waals surface area contributed by atoms with Crippen LogP contribution in [0, 0.1) is 12.8 Å². The van der Waals surface area contributed by atoms with Crippen LogP contribution in [0.25, 0.3) is 0 Å². The molecule has 1 aliphatic heterocycles. The summed E-state index contributed by atoms with van der Waals surface area (Å²) in [4.78, 5) is 15.1. The maximum atomic E-state index is 5.96. The van der Waals surface area contributed by atoms with Gasteiger partial charge in [-0.2, -0.15) is 0 Å². The third kappa shape index (κ3) is 5.19. The highest BCUT2D eigenvalue weighted by atomic mass is 15.1. The Morgan fingerprint density at radius 2 is 2.14 bits per heavy atom. The summed E-state index contributed by atoms with van der Waals surface area (Å²) in [7, 11) is 5.93. The van der Waals surface area contributed by atoms with E-state index in [0.717, 1.165) is 22.6 Å². The Morgan fingerprint density at radius 1 is 1.39 bits per heavy atom. The maximum Gasteiger partial charge on any atom is 0.152 e. The highest BCUT2D eigenvalue weighted by Crippen LogP contribution is 2.25. The second kappa shape index (κ2) is 9.69. The molecule has 1 aliphatic rings. The van der Waals surface area contributed by atoms with E-state index in [0.29, 0.717) is 23.5 Å². The quantitative estimate of drug-likeness (QED) is 0.449. The number of aryl methyl sites for hydroxylation is 1. The highest BCUT2D eigenvalue weighted by Gasteiger charge is 2.19. The lowest BCUT2D eigenvalue weighted by atomic mass is 9.91. The first-order valence-corrected chi connectivity index (χ1v) is 9.08. The summed E-state index contributed by atoms with van der Waals surface area (Å²) in [5, 5.41) is 0. The molecular weight excluding hydrogens is 345 g/mol. The number of nitrogens with two attached hydrogens (primary N) is 1. The van der Waals surface area contributed by atoms with Crippen LogP contribution >= 0.6 is 0 Å². The summed E-state index contributed by atoms with van der Waals surface area (Å²) in [6, 6.07) is 5.75. The topological polar surface area (TPSA) is 66.9 Å². The summed E-state index contributed by atoms with van der Waals surface area (Å²) in [6.07, 6.45) is 9.22.